The van der Waals surface area contributed by atoms with Crippen molar-refractivity contribution in [2.45, 2.75) is 34.2 Å². The number of aryl methyl sites for hydroxylation is 3. The molecule has 0 radical (unpaired) electrons. The van der Waals surface area contributed by atoms with Crippen molar-refractivity contribution >= 4 is 17.0 Å². The fourth-order valence-corrected chi connectivity index (χ4v) is 3.12. The van der Waals surface area contributed by atoms with Gasteiger partial charge in [-0.15, -0.1) is 11.3 Å². The van der Waals surface area contributed by atoms with E-state index in [4.69, 9.17) is 4.74 Å². The molecule has 1 heterocycles. The zero-order valence-electron chi connectivity index (χ0n) is 12.1. The van der Waals surface area contributed by atoms with E-state index in [0.717, 1.165) is 39.8 Å². The first-order valence-electron chi connectivity index (χ1n) is 6.34. The molecule has 3 nitrogen and oxygen atoms in total. The van der Waals surface area contributed by atoms with E-state index in [2.05, 4.69) is 43.2 Å². The molecule has 0 aliphatic heterocycles. The van der Waals surface area contributed by atoms with E-state index < -0.39 is 0 Å². The Morgan fingerprint density at radius 2 is 1.95 bits per heavy atom. The van der Waals surface area contributed by atoms with Gasteiger partial charge in [0.15, 0.2) is 0 Å². The summed E-state index contributed by atoms with van der Waals surface area (Å²) in [5, 5.41) is 4.59. The summed E-state index contributed by atoms with van der Waals surface area (Å²) in [5.41, 5.74) is 4.55. The van der Waals surface area contributed by atoms with Gasteiger partial charge in [0, 0.05) is 16.1 Å². The summed E-state index contributed by atoms with van der Waals surface area (Å²) in [5.74, 6) is 0.960. The van der Waals surface area contributed by atoms with E-state index in [1.165, 1.54) is 4.88 Å². The molecule has 1 aromatic carbocycles. The van der Waals surface area contributed by atoms with Crippen LogP contribution < -0.4 is 10.1 Å². The molecule has 0 unspecified atom stereocenters. The zero-order valence-corrected chi connectivity index (χ0v) is 12.9. The van der Waals surface area contributed by atoms with Crippen LogP contribution in [0.5, 0.6) is 5.75 Å². The van der Waals surface area contributed by atoms with Gasteiger partial charge >= 0.3 is 0 Å². The molecule has 2 rings (SSSR count). The Bertz CT molecular complexity index is 590. The summed E-state index contributed by atoms with van der Waals surface area (Å²) in [6, 6.07) is 4.19. The van der Waals surface area contributed by atoms with Crippen molar-refractivity contribution in [2.75, 3.05) is 12.4 Å². The minimum Gasteiger partial charge on any atom is -0.496 e. The smallest absolute Gasteiger partial charge is 0.126 e. The number of hydrogen-bond acceptors (Lipinski definition) is 4. The number of hydrogen-bond donors (Lipinski definition) is 1. The van der Waals surface area contributed by atoms with Gasteiger partial charge in [-0.05, 0) is 39.3 Å². The van der Waals surface area contributed by atoms with Gasteiger partial charge in [0.2, 0.25) is 0 Å². The average Bonchev–Trinajstić information content (AvgIpc) is 2.67. The van der Waals surface area contributed by atoms with Gasteiger partial charge in [-0.25, -0.2) is 4.98 Å². The Hall–Kier alpha value is -1.55. The standard InChI is InChI=1S/C15H20N2OS/c1-9-6-7-13(10(2)15(9)18-5)16-8-14-11(3)17-12(4)19-14/h6-7,16H,8H2,1-5H3. The van der Waals surface area contributed by atoms with E-state index in [1.807, 2.05) is 6.92 Å². The second kappa shape index (κ2) is 5.61. The zero-order chi connectivity index (χ0) is 14.0. The van der Waals surface area contributed by atoms with Crippen LogP contribution in [0.1, 0.15) is 26.7 Å². The van der Waals surface area contributed by atoms with Crippen molar-refractivity contribution < 1.29 is 4.74 Å². The summed E-state index contributed by atoms with van der Waals surface area (Å²) in [7, 11) is 1.72. The average molecular weight is 276 g/mol. The molecule has 0 spiro atoms. The Kier molecular flexibility index (Phi) is 4.10. The molecule has 0 amide bonds. The van der Waals surface area contributed by atoms with Crippen molar-refractivity contribution in [2.24, 2.45) is 0 Å². The lowest BCUT2D eigenvalue weighted by Crippen LogP contribution is -2.02. The maximum absolute atomic E-state index is 5.45. The summed E-state index contributed by atoms with van der Waals surface area (Å²) in [6.07, 6.45) is 0. The van der Waals surface area contributed by atoms with Gasteiger partial charge in [0.05, 0.1) is 24.4 Å². The van der Waals surface area contributed by atoms with Crippen LogP contribution in [0.15, 0.2) is 12.1 Å². The minimum atomic E-state index is 0.810. The molecular weight excluding hydrogens is 256 g/mol. The van der Waals surface area contributed by atoms with E-state index >= 15 is 0 Å². The number of methoxy groups -OCH3 is 1. The van der Waals surface area contributed by atoms with E-state index in [0.29, 0.717) is 0 Å². The van der Waals surface area contributed by atoms with Crippen LogP contribution >= 0.6 is 11.3 Å². The SMILES string of the molecule is COc1c(C)ccc(NCc2sc(C)nc2C)c1C. The molecule has 1 N–H and O–H groups in total. The number of benzene rings is 1. The minimum absolute atomic E-state index is 0.810. The molecule has 1 aromatic heterocycles. The predicted molar refractivity (Wildman–Crippen MR) is 81.4 cm³/mol. The second-order valence-electron chi connectivity index (χ2n) is 4.68. The fourth-order valence-electron chi connectivity index (χ4n) is 2.25. The van der Waals surface area contributed by atoms with E-state index in [9.17, 15) is 0 Å². The molecule has 102 valence electrons. The summed E-state index contributed by atoms with van der Waals surface area (Å²) >= 11 is 1.75. The molecule has 4 heteroatoms. The highest BCUT2D eigenvalue weighted by Crippen LogP contribution is 2.30. The molecule has 0 atom stereocenters. The third kappa shape index (κ3) is 2.89. The Morgan fingerprint density at radius 3 is 2.53 bits per heavy atom. The lowest BCUT2D eigenvalue weighted by molar-refractivity contribution is 0.409. The summed E-state index contributed by atoms with van der Waals surface area (Å²) in [6.45, 7) is 9.06. The van der Waals surface area contributed by atoms with Crippen LogP contribution in [-0.2, 0) is 6.54 Å². The van der Waals surface area contributed by atoms with Gasteiger partial charge in [0.25, 0.3) is 0 Å². The quantitative estimate of drug-likeness (QED) is 0.916. The molecule has 2 aromatic rings. The highest BCUT2D eigenvalue weighted by molar-refractivity contribution is 7.11. The molecule has 0 saturated carbocycles. The molecular formula is C15H20N2OS. The Morgan fingerprint density at radius 1 is 1.21 bits per heavy atom. The third-order valence-electron chi connectivity index (χ3n) is 3.25. The molecule has 0 bridgehead atoms. The van der Waals surface area contributed by atoms with Crippen LogP contribution in [0.25, 0.3) is 0 Å². The number of anilines is 1. The monoisotopic (exact) mass is 276 g/mol. The van der Waals surface area contributed by atoms with Crippen molar-refractivity contribution in [1.82, 2.24) is 4.98 Å². The topological polar surface area (TPSA) is 34.1 Å². The molecule has 0 aliphatic rings. The molecule has 19 heavy (non-hydrogen) atoms. The molecule has 0 saturated heterocycles. The van der Waals surface area contributed by atoms with E-state index in [1.54, 1.807) is 18.4 Å². The van der Waals surface area contributed by atoms with Gasteiger partial charge in [-0.3, -0.25) is 0 Å². The van der Waals surface area contributed by atoms with Crippen LogP contribution in [0.3, 0.4) is 0 Å². The summed E-state index contributed by atoms with van der Waals surface area (Å²) in [4.78, 5) is 5.74. The molecule has 0 fully saturated rings. The number of nitrogens with one attached hydrogen (secondary N) is 1. The highest BCUT2D eigenvalue weighted by atomic mass is 32.1. The highest BCUT2D eigenvalue weighted by Gasteiger charge is 2.09. The number of aromatic nitrogens is 1. The number of rotatable bonds is 4. The lowest BCUT2D eigenvalue weighted by atomic mass is 10.1. The lowest BCUT2D eigenvalue weighted by Gasteiger charge is -2.14. The normalized spacial score (nSPS) is 10.6. The first-order chi connectivity index (χ1) is 9.02. The fraction of sp³-hybridized carbons (Fsp3) is 0.400. The van der Waals surface area contributed by atoms with Crippen LogP contribution in [0.2, 0.25) is 0 Å². The number of ether oxygens (including phenoxy) is 1. The first-order valence-corrected chi connectivity index (χ1v) is 7.15. The van der Waals surface area contributed by atoms with Crippen LogP contribution in [-0.4, -0.2) is 12.1 Å². The van der Waals surface area contributed by atoms with Gasteiger partial charge < -0.3 is 10.1 Å². The van der Waals surface area contributed by atoms with Crippen molar-refractivity contribution in [3.05, 3.63) is 38.8 Å². The summed E-state index contributed by atoms with van der Waals surface area (Å²) < 4.78 is 5.45. The largest absolute Gasteiger partial charge is 0.496 e. The number of thiazole rings is 1. The van der Waals surface area contributed by atoms with Gasteiger partial charge in [0.1, 0.15) is 5.75 Å². The Labute approximate surface area is 118 Å². The van der Waals surface area contributed by atoms with Gasteiger partial charge in [-0.2, -0.15) is 0 Å². The maximum Gasteiger partial charge on any atom is 0.126 e. The van der Waals surface area contributed by atoms with Crippen molar-refractivity contribution in [3.8, 4) is 5.75 Å². The van der Waals surface area contributed by atoms with E-state index in [-0.39, 0.29) is 0 Å². The predicted octanol–water partition coefficient (Wildman–Crippen LogP) is 4.00. The third-order valence-corrected chi connectivity index (χ3v) is 4.32. The van der Waals surface area contributed by atoms with Crippen molar-refractivity contribution in [3.63, 3.8) is 0 Å². The number of nitrogens with zero attached hydrogens (tertiary/aromatic N) is 1. The van der Waals surface area contributed by atoms with Crippen LogP contribution in [0, 0.1) is 27.7 Å². The first kappa shape index (κ1) is 13.9. The van der Waals surface area contributed by atoms with Crippen molar-refractivity contribution in [1.29, 1.82) is 0 Å². The molecule has 0 aliphatic carbocycles. The second-order valence-corrected chi connectivity index (χ2v) is 5.97. The van der Waals surface area contributed by atoms with Crippen LogP contribution in [0.4, 0.5) is 5.69 Å². The van der Waals surface area contributed by atoms with Gasteiger partial charge in [-0.1, -0.05) is 6.07 Å². The Balaban J connectivity index is 2.18. The maximum atomic E-state index is 5.45.